The van der Waals surface area contributed by atoms with Gasteiger partial charge in [-0.15, -0.1) is 0 Å². The highest BCUT2D eigenvalue weighted by molar-refractivity contribution is 6.13. The van der Waals surface area contributed by atoms with Crippen molar-refractivity contribution in [1.29, 1.82) is 5.26 Å². The zero-order chi connectivity index (χ0) is 30.9. The van der Waals surface area contributed by atoms with Crippen LogP contribution in [0.25, 0.3) is 49.8 Å². The first kappa shape index (κ1) is 25.1. The summed E-state index contributed by atoms with van der Waals surface area (Å²) < 4.78 is 2.51. The van der Waals surface area contributed by atoms with Crippen LogP contribution in [0.1, 0.15) is 38.9 Å². The van der Waals surface area contributed by atoms with E-state index < -0.39 is 5.41 Å². The van der Waals surface area contributed by atoms with E-state index in [1.165, 1.54) is 83.2 Å². The van der Waals surface area contributed by atoms with Gasteiger partial charge < -0.3 is 4.57 Å². The molecule has 2 atom stereocenters. The molecule has 1 aromatic heterocycles. The van der Waals surface area contributed by atoms with Crippen molar-refractivity contribution in [3.05, 3.63) is 196 Å². The number of hydrogen-bond donors (Lipinski definition) is 0. The molecule has 0 saturated heterocycles. The van der Waals surface area contributed by atoms with Gasteiger partial charge in [0.1, 0.15) is 0 Å². The van der Waals surface area contributed by atoms with Gasteiger partial charge in [-0.2, -0.15) is 5.26 Å². The summed E-state index contributed by atoms with van der Waals surface area (Å²) in [5.74, 6) is 0.331. The Labute approximate surface area is 272 Å². The van der Waals surface area contributed by atoms with Crippen molar-refractivity contribution in [3.63, 3.8) is 0 Å². The Balaban J connectivity index is 1.20. The van der Waals surface area contributed by atoms with Crippen molar-refractivity contribution >= 4 is 33.0 Å². The van der Waals surface area contributed by atoms with Crippen LogP contribution in [0.4, 0.5) is 0 Å². The average molecular weight is 595 g/mol. The van der Waals surface area contributed by atoms with Crippen molar-refractivity contribution in [3.8, 4) is 22.9 Å². The highest BCUT2D eigenvalue weighted by Crippen LogP contribution is 2.64. The number of fused-ring (bicyclic) bond motifs is 13. The number of hydrogen-bond acceptors (Lipinski definition) is 1. The van der Waals surface area contributed by atoms with Gasteiger partial charge in [-0.05, 0) is 91.6 Å². The van der Waals surface area contributed by atoms with Crippen LogP contribution in [-0.2, 0) is 5.41 Å². The minimum Gasteiger partial charge on any atom is -0.309 e. The molecule has 2 nitrogen and oxygen atoms in total. The minimum absolute atomic E-state index is 0.331. The first-order valence-corrected chi connectivity index (χ1v) is 16.3. The van der Waals surface area contributed by atoms with E-state index in [4.69, 9.17) is 0 Å². The van der Waals surface area contributed by atoms with E-state index in [0.717, 1.165) is 5.56 Å². The van der Waals surface area contributed by atoms with E-state index in [1.807, 2.05) is 12.1 Å². The van der Waals surface area contributed by atoms with E-state index in [0.29, 0.717) is 11.5 Å². The van der Waals surface area contributed by atoms with Crippen LogP contribution in [0.15, 0.2) is 157 Å². The van der Waals surface area contributed by atoms with Crippen molar-refractivity contribution in [2.45, 2.75) is 5.41 Å². The fourth-order valence-electron chi connectivity index (χ4n) is 9.12. The first-order chi connectivity index (χ1) is 23.3. The zero-order valence-corrected chi connectivity index (χ0v) is 25.4. The van der Waals surface area contributed by atoms with Crippen LogP contribution >= 0.6 is 0 Å². The zero-order valence-electron chi connectivity index (χ0n) is 25.4. The van der Waals surface area contributed by atoms with Gasteiger partial charge in [-0.25, -0.2) is 0 Å². The summed E-state index contributed by atoms with van der Waals surface area (Å²) in [6.45, 7) is 0. The summed E-state index contributed by atoms with van der Waals surface area (Å²) in [6, 6.07) is 51.1. The Bertz CT molecular complexity index is 2690. The molecular weight excluding hydrogens is 569 g/mol. The predicted molar refractivity (Wildman–Crippen MR) is 190 cm³/mol. The Morgan fingerprint density at radius 3 is 2.21 bits per heavy atom. The molecular formula is C45H26N2. The summed E-state index contributed by atoms with van der Waals surface area (Å²) in [5.41, 5.74) is 18.6. The fraction of sp³-hybridized carbons (Fsp3) is 0.0444. The Kier molecular flexibility index (Phi) is 4.67. The van der Waals surface area contributed by atoms with Crippen LogP contribution in [0.2, 0.25) is 0 Å². The Hall–Kier alpha value is -6.17. The third-order valence-corrected chi connectivity index (χ3v) is 11.0. The second kappa shape index (κ2) is 8.75. The maximum absolute atomic E-state index is 9.28. The lowest BCUT2D eigenvalue weighted by molar-refractivity contribution is 0.748. The Morgan fingerprint density at radius 1 is 0.617 bits per heavy atom. The van der Waals surface area contributed by atoms with Crippen molar-refractivity contribution < 1.29 is 0 Å². The van der Waals surface area contributed by atoms with E-state index in [9.17, 15) is 5.26 Å². The maximum Gasteiger partial charge on any atom is 0.0991 e. The molecule has 0 fully saturated rings. The molecule has 0 radical (unpaired) electrons. The lowest BCUT2D eigenvalue weighted by Crippen LogP contribution is -2.33. The Morgan fingerprint density at radius 2 is 1.32 bits per heavy atom. The smallest absolute Gasteiger partial charge is 0.0991 e. The molecule has 6 aromatic carbocycles. The summed E-state index contributed by atoms with van der Waals surface area (Å²) in [6.07, 6.45) is 6.95. The van der Waals surface area contributed by atoms with Gasteiger partial charge in [-0.3, -0.25) is 0 Å². The number of para-hydroxylation sites is 3. The molecule has 1 spiro atoms. The van der Waals surface area contributed by atoms with Gasteiger partial charge in [0.25, 0.3) is 0 Å². The van der Waals surface area contributed by atoms with Gasteiger partial charge in [0.15, 0.2) is 0 Å². The van der Waals surface area contributed by atoms with Crippen molar-refractivity contribution in [2.75, 3.05) is 0 Å². The average Bonchev–Trinajstić information content (AvgIpc) is 3.65. The van der Waals surface area contributed by atoms with Crippen LogP contribution in [0.3, 0.4) is 0 Å². The molecule has 216 valence electrons. The molecule has 3 aliphatic carbocycles. The minimum atomic E-state index is -0.437. The van der Waals surface area contributed by atoms with Gasteiger partial charge in [0.2, 0.25) is 0 Å². The van der Waals surface area contributed by atoms with Crippen molar-refractivity contribution in [1.82, 2.24) is 4.57 Å². The van der Waals surface area contributed by atoms with Gasteiger partial charge in [0, 0.05) is 16.7 Å². The summed E-state index contributed by atoms with van der Waals surface area (Å²) in [7, 11) is 0. The topological polar surface area (TPSA) is 28.7 Å². The highest BCUT2D eigenvalue weighted by atomic mass is 15.0. The number of aromatic nitrogens is 1. The van der Waals surface area contributed by atoms with Crippen molar-refractivity contribution in [2.24, 2.45) is 5.92 Å². The largest absolute Gasteiger partial charge is 0.309 e. The van der Waals surface area contributed by atoms with Crippen LogP contribution in [-0.4, -0.2) is 4.57 Å². The van der Waals surface area contributed by atoms with Gasteiger partial charge in [0.05, 0.1) is 33.8 Å². The second-order valence-electron chi connectivity index (χ2n) is 13.1. The molecule has 47 heavy (non-hydrogen) atoms. The number of allylic oxidation sites excluding steroid dienone is 6. The first-order valence-electron chi connectivity index (χ1n) is 16.3. The molecule has 2 heterocycles. The van der Waals surface area contributed by atoms with Crippen LogP contribution in [0.5, 0.6) is 0 Å². The maximum atomic E-state index is 9.28. The third-order valence-electron chi connectivity index (χ3n) is 11.0. The number of benzene rings is 6. The molecule has 1 aliphatic heterocycles. The second-order valence-corrected chi connectivity index (χ2v) is 13.1. The molecule has 4 aliphatic rings. The molecule has 0 N–H and O–H groups in total. The van der Waals surface area contributed by atoms with E-state index in [1.54, 1.807) is 0 Å². The number of rotatable bonds is 2. The third kappa shape index (κ3) is 3.00. The molecule has 0 bridgehead atoms. The SMILES string of the molecule is N#Cc1ccc(C2=CC3=C(c4cccc5c4-c4ccccc4C54c5ccccc5-n5c6ccccc6c6cccc4c65)[C@H]3C=C2)cc1. The standard InChI is InChI=1S/C45H26N2/c46-26-27-19-21-28(22-20-27)29-23-24-31-35(25-29)42(31)34-12-8-15-38-43(34)33-10-1-3-13-36(33)45(38)37-14-4-6-18-41(37)47-40-17-5-2-9-30(40)32-11-7-16-39(45)44(32)47/h1-25,31H/t31-,45?/m0/s1. The van der Waals surface area contributed by atoms with Crippen LogP contribution in [0, 0.1) is 17.2 Å². The summed E-state index contributed by atoms with van der Waals surface area (Å²) in [5, 5.41) is 11.9. The number of nitrogens with zero attached hydrogens (tertiary/aromatic N) is 2. The van der Waals surface area contributed by atoms with Gasteiger partial charge in [-0.1, -0.05) is 121 Å². The molecule has 7 aromatic rings. The van der Waals surface area contributed by atoms with E-state index in [-0.39, 0.29) is 0 Å². The summed E-state index contributed by atoms with van der Waals surface area (Å²) >= 11 is 0. The predicted octanol–water partition coefficient (Wildman–Crippen LogP) is 10.4. The normalized spacial score (nSPS) is 19.3. The molecule has 2 heteroatoms. The lowest BCUT2D eigenvalue weighted by atomic mass is 9.65. The molecule has 0 amide bonds. The van der Waals surface area contributed by atoms with E-state index >= 15 is 0 Å². The summed E-state index contributed by atoms with van der Waals surface area (Å²) in [4.78, 5) is 0. The van der Waals surface area contributed by atoms with Gasteiger partial charge >= 0.3 is 0 Å². The number of nitriles is 1. The fourth-order valence-corrected chi connectivity index (χ4v) is 9.12. The molecule has 1 unspecified atom stereocenters. The molecule has 0 saturated carbocycles. The monoisotopic (exact) mass is 594 g/mol. The molecule has 11 rings (SSSR count). The highest BCUT2D eigenvalue weighted by Gasteiger charge is 2.52. The lowest BCUT2D eigenvalue weighted by Gasteiger charge is -2.39. The van der Waals surface area contributed by atoms with Crippen LogP contribution < -0.4 is 0 Å². The quantitative estimate of drug-likeness (QED) is 0.196. The van der Waals surface area contributed by atoms with E-state index in [2.05, 4.69) is 150 Å².